The van der Waals surface area contributed by atoms with Crippen LogP contribution in [-0.4, -0.2) is 12.2 Å². The topological polar surface area (TPSA) is 29.5 Å². The summed E-state index contributed by atoms with van der Waals surface area (Å²) in [7, 11) is 1.67. The summed E-state index contributed by atoms with van der Waals surface area (Å²) in [6.07, 6.45) is 1.70. The number of rotatable bonds is 4. The van der Waals surface area contributed by atoms with Crippen molar-refractivity contribution in [3.8, 4) is 11.5 Å². The van der Waals surface area contributed by atoms with Crippen LogP contribution in [0.25, 0.3) is 0 Å². The van der Waals surface area contributed by atoms with Crippen LogP contribution in [0, 0.1) is 20.8 Å². The van der Waals surface area contributed by atoms with Gasteiger partial charge in [-0.15, -0.1) is 6.58 Å². The van der Waals surface area contributed by atoms with E-state index in [1.54, 1.807) is 7.11 Å². The van der Waals surface area contributed by atoms with Gasteiger partial charge in [-0.25, -0.2) is 0 Å². The summed E-state index contributed by atoms with van der Waals surface area (Å²) >= 11 is 0. The van der Waals surface area contributed by atoms with Crippen molar-refractivity contribution in [1.82, 2.24) is 0 Å². The zero-order chi connectivity index (χ0) is 13.2. The predicted octanol–water partition coefficient (Wildman–Crippen LogP) is 3.83. The zero-order valence-corrected chi connectivity index (χ0v) is 11.5. The van der Waals surface area contributed by atoms with Gasteiger partial charge in [0.1, 0.15) is 11.5 Å². The van der Waals surface area contributed by atoms with Crippen molar-refractivity contribution in [2.24, 2.45) is 0 Å². The van der Waals surface area contributed by atoms with E-state index < -0.39 is 0 Å². The van der Waals surface area contributed by atoms with Crippen LogP contribution in [0.2, 0.25) is 0 Å². The average Bonchev–Trinajstić information content (AvgIpc) is 2.26. The summed E-state index contributed by atoms with van der Waals surface area (Å²) in [5.74, 6) is 1.29. The molecule has 0 atom stereocenters. The highest BCUT2D eigenvalue weighted by Gasteiger charge is 2.16. The first kappa shape index (κ1) is 13.6. The highest BCUT2D eigenvalue weighted by molar-refractivity contribution is 5.57. The van der Waals surface area contributed by atoms with E-state index in [9.17, 15) is 5.11 Å². The third kappa shape index (κ3) is 2.63. The fourth-order valence-electron chi connectivity index (χ4n) is 2.12. The molecule has 0 aromatic heterocycles. The molecule has 0 radical (unpaired) electrons. The standard InChI is InChI=1S/C15H22O2/c1-9(2)7-8-13-12(5)15(17-6)11(4)10(3)14(13)16/h16H,1,7-8H2,2-6H3. The lowest BCUT2D eigenvalue weighted by Crippen LogP contribution is -2.01. The molecule has 2 heteroatoms. The SMILES string of the molecule is C=C(C)CCc1c(C)c(OC)c(C)c(C)c1O. The summed E-state index contributed by atoms with van der Waals surface area (Å²) in [6, 6.07) is 0. The van der Waals surface area contributed by atoms with Gasteiger partial charge in [-0.1, -0.05) is 5.57 Å². The van der Waals surface area contributed by atoms with Crippen molar-refractivity contribution >= 4 is 0 Å². The fraction of sp³-hybridized carbons (Fsp3) is 0.467. The molecule has 0 spiro atoms. The molecule has 0 saturated heterocycles. The van der Waals surface area contributed by atoms with E-state index in [1.165, 1.54) is 0 Å². The second-order valence-electron chi connectivity index (χ2n) is 4.69. The molecule has 1 rings (SSSR count). The number of benzene rings is 1. The number of aromatic hydroxyl groups is 1. The van der Waals surface area contributed by atoms with Gasteiger partial charge in [-0.05, 0) is 57.2 Å². The minimum absolute atomic E-state index is 0.405. The third-order valence-electron chi connectivity index (χ3n) is 3.34. The van der Waals surface area contributed by atoms with Crippen LogP contribution in [0.5, 0.6) is 11.5 Å². The van der Waals surface area contributed by atoms with E-state index >= 15 is 0 Å². The third-order valence-corrected chi connectivity index (χ3v) is 3.34. The monoisotopic (exact) mass is 234 g/mol. The van der Waals surface area contributed by atoms with Crippen molar-refractivity contribution in [3.05, 3.63) is 34.4 Å². The molecule has 0 amide bonds. The first-order valence-electron chi connectivity index (χ1n) is 5.90. The summed E-state index contributed by atoms with van der Waals surface area (Å²) in [6.45, 7) is 11.8. The maximum atomic E-state index is 10.2. The van der Waals surface area contributed by atoms with Crippen molar-refractivity contribution < 1.29 is 9.84 Å². The Morgan fingerprint density at radius 1 is 1.18 bits per heavy atom. The Morgan fingerprint density at radius 3 is 2.24 bits per heavy atom. The fourth-order valence-corrected chi connectivity index (χ4v) is 2.12. The Kier molecular flexibility index (Phi) is 4.22. The number of hydrogen-bond acceptors (Lipinski definition) is 2. The van der Waals surface area contributed by atoms with Crippen LogP contribution in [0.1, 0.15) is 35.6 Å². The zero-order valence-electron chi connectivity index (χ0n) is 11.5. The van der Waals surface area contributed by atoms with Gasteiger partial charge in [0.2, 0.25) is 0 Å². The summed E-state index contributed by atoms with van der Waals surface area (Å²) < 4.78 is 5.43. The van der Waals surface area contributed by atoms with Gasteiger partial charge in [-0.2, -0.15) is 0 Å². The van der Waals surface area contributed by atoms with E-state index in [4.69, 9.17) is 4.74 Å². The lowest BCUT2D eigenvalue weighted by molar-refractivity contribution is 0.402. The number of phenolic OH excluding ortho intramolecular Hbond substituents is 1. The van der Waals surface area contributed by atoms with Crippen molar-refractivity contribution in [2.75, 3.05) is 7.11 Å². The van der Waals surface area contributed by atoms with E-state index in [0.717, 1.165) is 46.4 Å². The molecular weight excluding hydrogens is 212 g/mol. The molecule has 94 valence electrons. The molecule has 17 heavy (non-hydrogen) atoms. The molecule has 0 aliphatic rings. The van der Waals surface area contributed by atoms with E-state index in [-0.39, 0.29) is 0 Å². The average molecular weight is 234 g/mol. The quantitative estimate of drug-likeness (QED) is 0.802. The number of methoxy groups -OCH3 is 1. The summed E-state index contributed by atoms with van der Waals surface area (Å²) in [5, 5.41) is 10.2. The van der Waals surface area contributed by atoms with Crippen molar-refractivity contribution in [2.45, 2.75) is 40.5 Å². The molecule has 0 saturated carbocycles. The van der Waals surface area contributed by atoms with Crippen LogP contribution in [0.15, 0.2) is 12.2 Å². The molecule has 0 bridgehead atoms. The molecule has 0 heterocycles. The second-order valence-corrected chi connectivity index (χ2v) is 4.69. The smallest absolute Gasteiger partial charge is 0.125 e. The molecule has 1 N–H and O–H groups in total. The Bertz CT molecular complexity index is 445. The minimum Gasteiger partial charge on any atom is -0.507 e. The Hall–Kier alpha value is -1.44. The van der Waals surface area contributed by atoms with Crippen molar-refractivity contribution in [3.63, 3.8) is 0 Å². The highest BCUT2D eigenvalue weighted by atomic mass is 16.5. The summed E-state index contributed by atoms with van der Waals surface area (Å²) in [4.78, 5) is 0. The van der Waals surface area contributed by atoms with Crippen LogP contribution in [0.4, 0.5) is 0 Å². The maximum absolute atomic E-state index is 10.2. The van der Waals surface area contributed by atoms with Gasteiger partial charge in [0.25, 0.3) is 0 Å². The van der Waals surface area contributed by atoms with Gasteiger partial charge in [0, 0.05) is 5.56 Å². The molecule has 2 nitrogen and oxygen atoms in total. The predicted molar refractivity (Wildman–Crippen MR) is 72.0 cm³/mol. The largest absolute Gasteiger partial charge is 0.507 e. The van der Waals surface area contributed by atoms with Gasteiger partial charge >= 0.3 is 0 Å². The first-order valence-corrected chi connectivity index (χ1v) is 5.90. The molecule has 1 aromatic carbocycles. The molecular formula is C15H22O2. The Balaban J connectivity index is 3.29. The van der Waals surface area contributed by atoms with E-state index in [1.807, 2.05) is 27.7 Å². The molecule has 0 fully saturated rings. The Labute approximate surface area is 104 Å². The number of ether oxygens (including phenoxy) is 1. The highest BCUT2D eigenvalue weighted by Crippen LogP contribution is 2.37. The lowest BCUT2D eigenvalue weighted by Gasteiger charge is -2.18. The molecule has 0 aliphatic carbocycles. The van der Waals surface area contributed by atoms with Crippen molar-refractivity contribution in [1.29, 1.82) is 0 Å². The second kappa shape index (κ2) is 5.26. The molecule has 1 aromatic rings. The van der Waals surface area contributed by atoms with E-state index in [2.05, 4.69) is 6.58 Å². The van der Waals surface area contributed by atoms with Crippen LogP contribution in [-0.2, 0) is 6.42 Å². The first-order chi connectivity index (χ1) is 7.90. The Morgan fingerprint density at radius 2 is 1.76 bits per heavy atom. The summed E-state index contributed by atoms with van der Waals surface area (Å²) in [5.41, 5.74) is 5.06. The number of hydrogen-bond donors (Lipinski definition) is 1. The number of allylic oxidation sites excluding steroid dienone is 1. The molecule has 0 unspecified atom stereocenters. The van der Waals surface area contributed by atoms with Crippen LogP contribution < -0.4 is 4.74 Å². The lowest BCUT2D eigenvalue weighted by atomic mass is 9.94. The minimum atomic E-state index is 0.405. The van der Waals surface area contributed by atoms with Gasteiger partial charge in [-0.3, -0.25) is 0 Å². The van der Waals surface area contributed by atoms with E-state index in [0.29, 0.717) is 5.75 Å². The van der Waals surface area contributed by atoms with Gasteiger partial charge < -0.3 is 9.84 Å². The normalized spacial score (nSPS) is 10.4. The van der Waals surface area contributed by atoms with Crippen LogP contribution >= 0.6 is 0 Å². The maximum Gasteiger partial charge on any atom is 0.125 e. The molecule has 0 aliphatic heterocycles. The van der Waals surface area contributed by atoms with Gasteiger partial charge in [0.05, 0.1) is 7.11 Å². The van der Waals surface area contributed by atoms with Gasteiger partial charge in [0.15, 0.2) is 0 Å². The number of phenols is 1. The van der Waals surface area contributed by atoms with Crippen LogP contribution in [0.3, 0.4) is 0 Å².